The molecule has 0 radical (unpaired) electrons. The van der Waals surface area contributed by atoms with E-state index in [4.69, 9.17) is 8.83 Å². The molecule has 0 N–H and O–H groups in total. The Hall–Kier alpha value is -8.08. The van der Waals surface area contributed by atoms with Crippen molar-refractivity contribution < 1.29 is 8.83 Å². The van der Waals surface area contributed by atoms with Gasteiger partial charge in [0.1, 0.15) is 22.3 Å². The van der Waals surface area contributed by atoms with Crippen LogP contribution in [-0.2, 0) is 0 Å². The molecule has 10 aromatic carbocycles. The summed E-state index contributed by atoms with van der Waals surface area (Å²) in [5.41, 5.74) is 22.5. The molecule has 2 heterocycles. The van der Waals surface area contributed by atoms with E-state index in [1.165, 1.54) is 67.3 Å². The van der Waals surface area contributed by atoms with Gasteiger partial charge in [-0.25, -0.2) is 0 Å². The molecule has 0 saturated heterocycles. The van der Waals surface area contributed by atoms with Crippen LogP contribution < -0.4 is 9.80 Å². The first-order valence-corrected chi connectivity index (χ1v) is 23.7. The Balaban J connectivity index is 1.07. The summed E-state index contributed by atoms with van der Waals surface area (Å²) in [4.78, 5) is 4.83. The molecule has 330 valence electrons. The molecule has 0 unspecified atom stereocenters. The summed E-state index contributed by atoms with van der Waals surface area (Å²) in [5, 5.41) is 8.80. The van der Waals surface area contributed by atoms with Gasteiger partial charge < -0.3 is 18.6 Å². The fourth-order valence-corrected chi connectivity index (χ4v) is 10.5. The van der Waals surface area contributed by atoms with Crippen LogP contribution in [0.2, 0.25) is 0 Å². The van der Waals surface area contributed by atoms with Crippen LogP contribution in [0, 0.1) is 55.4 Å². The Morgan fingerprint density at radius 3 is 1.21 bits per heavy atom. The highest BCUT2D eigenvalue weighted by Gasteiger charge is 2.24. The molecule has 0 spiro atoms. The van der Waals surface area contributed by atoms with Crippen LogP contribution in [0.15, 0.2) is 179 Å². The van der Waals surface area contributed by atoms with E-state index in [1.54, 1.807) is 0 Å². The predicted molar refractivity (Wildman–Crippen MR) is 289 cm³/mol. The molecule has 4 heteroatoms. The largest absolute Gasteiger partial charge is 0.456 e. The van der Waals surface area contributed by atoms with E-state index in [0.29, 0.717) is 0 Å². The van der Waals surface area contributed by atoms with Crippen molar-refractivity contribution in [3.8, 4) is 11.1 Å². The van der Waals surface area contributed by atoms with E-state index in [-0.39, 0.29) is 0 Å². The maximum Gasteiger partial charge on any atom is 0.144 e. The van der Waals surface area contributed by atoms with Gasteiger partial charge in [-0.1, -0.05) is 91.0 Å². The number of benzene rings is 10. The van der Waals surface area contributed by atoms with E-state index in [1.807, 2.05) is 0 Å². The molecule has 0 aliphatic carbocycles. The van der Waals surface area contributed by atoms with E-state index >= 15 is 0 Å². The normalized spacial score (nSPS) is 11.8. The highest BCUT2D eigenvalue weighted by molar-refractivity contribution is 6.30. The Morgan fingerprint density at radius 1 is 0.324 bits per heavy atom. The molecule has 0 bridgehead atoms. The minimum absolute atomic E-state index is 0.838. The van der Waals surface area contributed by atoms with Crippen molar-refractivity contribution in [3.63, 3.8) is 0 Å². The summed E-state index contributed by atoms with van der Waals surface area (Å²) in [7, 11) is 0. The van der Waals surface area contributed by atoms with Crippen molar-refractivity contribution in [2.45, 2.75) is 55.4 Å². The van der Waals surface area contributed by atoms with E-state index in [0.717, 1.165) is 87.9 Å². The van der Waals surface area contributed by atoms with Gasteiger partial charge in [-0.05, 0) is 206 Å². The molecule has 0 atom stereocenters. The third-order valence-electron chi connectivity index (χ3n) is 14.9. The molecule has 12 aromatic rings. The first kappa shape index (κ1) is 41.4. The quantitative estimate of drug-likeness (QED) is 0.160. The Morgan fingerprint density at radius 2 is 0.750 bits per heavy atom. The zero-order valence-corrected chi connectivity index (χ0v) is 39.9. The van der Waals surface area contributed by atoms with E-state index in [9.17, 15) is 0 Å². The highest BCUT2D eigenvalue weighted by Crippen LogP contribution is 2.48. The number of anilines is 6. The maximum absolute atomic E-state index is 7.10. The van der Waals surface area contributed by atoms with Crippen LogP contribution in [0.5, 0.6) is 0 Å². The number of nitrogens with zero attached hydrogens (tertiary/aromatic N) is 2. The molecule has 0 fully saturated rings. The molecule has 2 aromatic heterocycles. The monoisotopic (exact) mass is 880 g/mol. The average Bonchev–Trinajstić information content (AvgIpc) is 3.89. The zero-order chi connectivity index (χ0) is 46.5. The third-order valence-corrected chi connectivity index (χ3v) is 14.9. The number of rotatable bonds is 7. The molecule has 12 rings (SSSR count). The fraction of sp³-hybridized carbons (Fsp3) is 0.125. The van der Waals surface area contributed by atoms with Crippen LogP contribution >= 0.6 is 0 Å². The average molecular weight is 881 g/mol. The molecule has 0 aliphatic heterocycles. The molecule has 68 heavy (non-hydrogen) atoms. The topological polar surface area (TPSA) is 32.8 Å². The Kier molecular flexibility index (Phi) is 9.60. The molecular weight excluding hydrogens is 829 g/mol. The van der Waals surface area contributed by atoms with Gasteiger partial charge in [-0.3, -0.25) is 0 Å². The van der Waals surface area contributed by atoms with Gasteiger partial charge in [0, 0.05) is 61.2 Å². The van der Waals surface area contributed by atoms with Gasteiger partial charge in [0.25, 0.3) is 0 Å². The third kappa shape index (κ3) is 6.50. The van der Waals surface area contributed by atoms with Gasteiger partial charge in [0.05, 0.1) is 0 Å². The van der Waals surface area contributed by atoms with Crippen molar-refractivity contribution >= 4 is 99.5 Å². The SMILES string of the molecule is Cc1cccc(N(c2ccc3cc4c(cc3c2)oc2cc(-c3ccccc3)c3oc5cc6cc(N(c7cccc(C)c7C)c7cccc(C)c7C)ccc6cc5c3c24)c2cccc(C)c2C)c1C. The minimum atomic E-state index is 0.838. The summed E-state index contributed by atoms with van der Waals surface area (Å²) in [6.45, 7) is 17.7. The van der Waals surface area contributed by atoms with Crippen LogP contribution in [0.4, 0.5) is 34.1 Å². The van der Waals surface area contributed by atoms with Gasteiger partial charge in [-0.15, -0.1) is 0 Å². The number of aryl methyl sites for hydroxylation is 4. The Labute approximate surface area is 397 Å². The lowest BCUT2D eigenvalue weighted by atomic mass is 9.96. The lowest BCUT2D eigenvalue weighted by Crippen LogP contribution is -2.13. The second-order valence-electron chi connectivity index (χ2n) is 18.9. The van der Waals surface area contributed by atoms with Crippen LogP contribution in [0.1, 0.15) is 44.5 Å². The molecule has 4 nitrogen and oxygen atoms in total. The van der Waals surface area contributed by atoms with Gasteiger partial charge in [-0.2, -0.15) is 0 Å². The lowest BCUT2D eigenvalue weighted by molar-refractivity contribution is 0.664. The summed E-state index contributed by atoms with van der Waals surface area (Å²) >= 11 is 0. The summed E-state index contributed by atoms with van der Waals surface area (Å²) in [5.74, 6) is 0. The van der Waals surface area contributed by atoms with Gasteiger partial charge in [0.15, 0.2) is 0 Å². The van der Waals surface area contributed by atoms with Crippen molar-refractivity contribution in [2.24, 2.45) is 0 Å². The Bertz CT molecular complexity index is 3920. The molecular formula is C64H52N2O2. The van der Waals surface area contributed by atoms with Crippen molar-refractivity contribution in [1.82, 2.24) is 0 Å². The molecule has 0 amide bonds. The smallest absolute Gasteiger partial charge is 0.144 e. The van der Waals surface area contributed by atoms with Gasteiger partial charge >= 0.3 is 0 Å². The minimum Gasteiger partial charge on any atom is -0.456 e. The predicted octanol–water partition coefficient (Wildman–Crippen LogP) is 18.9. The number of hydrogen-bond donors (Lipinski definition) is 0. The van der Waals surface area contributed by atoms with E-state index < -0.39 is 0 Å². The summed E-state index contributed by atoms with van der Waals surface area (Å²) in [6, 6.07) is 61.8. The van der Waals surface area contributed by atoms with Crippen molar-refractivity contribution in [1.29, 1.82) is 0 Å². The summed E-state index contributed by atoms with van der Waals surface area (Å²) in [6.07, 6.45) is 0. The summed E-state index contributed by atoms with van der Waals surface area (Å²) < 4.78 is 14.1. The molecule has 0 aliphatic rings. The zero-order valence-electron chi connectivity index (χ0n) is 39.9. The number of fused-ring (bicyclic) bond motifs is 9. The lowest BCUT2D eigenvalue weighted by Gasteiger charge is -2.30. The highest BCUT2D eigenvalue weighted by atomic mass is 16.3. The van der Waals surface area contributed by atoms with Crippen LogP contribution in [0.3, 0.4) is 0 Å². The van der Waals surface area contributed by atoms with E-state index in [2.05, 4.69) is 235 Å². The standard InChI is InChI=1S/C64H52N2O2/c1-37-16-12-22-55(41(37)5)65(56-23-13-17-38(2)42(56)6)50-28-26-46-32-53-59(34-48(46)30-50)67-61-36-52(45-20-10-9-11-21-45)64-63(62(53)61)54-33-47-27-29-51(31-49(47)35-60(54)68-64)66(57-24-14-18-39(3)43(57)7)58-25-15-19-40(4)44(58)8/h9-36H,1-8H3. The van der Waals surface area contributed by atoms with Gasteiger partial charge in [0.2, 0.25) is 0 Å². The maximum atomic E-state index is 7.10. The first-order chi connectivity index (χ1) is 33.0. The second-order valence-corrected chi connectivity index (χ2v) is 18.9. The van der Waals surface area contributed by atoms with Crippen molar-refractivity contribution in [2.75, 3.05) is 9.80 Å². The van der Waals surface area contributed by atoms with Crippen molar-refractivity contribution in [3.05, 3.63) is 214 Å². The second kappa shape index (κ2) is 15.8. The number of furan rings is 2. The first-order valence-electron chi connectivity index (χ1n) is 23.7. The van der Waals surface area contributed by atoms with Crippen LogP contribution in [0.25, 0.3) is 76.5 Å². The fourth-order valence-electron chi connectivity index (χ4n) is 10.5. The van der Waals surface area contributed by atoms with Crippen LogP contribution in [-0.4, -0.2) is 0 Å². The molecule has 0 saturated carbocycles. The number of hydrogen-bond acceptors (Lipinski definition) is 4.